The molecule has 0 radical (unpaired) electrons. The van der Waals surface area contributed by atoms with Crippen LogP contribution in [0.15, 0.2) is 18.2 Å². The summed E-state index contributed by atoms with van der Waals surface area (Å²) < 4.78 is 25.6. The molecule has 0 fully saturated rings. The molecule has 1 aromatic carbocycles. The standard InChI is InChI=1S/C9H11F2NO2/c10-6-1-2-8(11)9(3-6)12-4-7(14)5-13/h1-3,7,12-14H,4-5H2/t7-/m0/s1. The summed E-state index contributed by atoms with van der Waals surface area (Å²) in [6.07, 6.45) is -0.988. The Bertz CT molecular complexity index is 307. The van der Waals surface area contributed by atoms with E-state index >= 15 is 0 Å². The first-order chi connectivity index (χ1) is 6.63. The van der Waals surface area contributed by atoms with Crippen LogP contribution in [0.3, 0.4) is 0 Å². The first-order valence-corrected chi connectivity index (χ1v) is 4.11. The Hall–Kier alpha value is -1.20. The molecule has 0 aliphatic carbocycles. The second-order valence-electron chi connectivity index (χ2n) is 2.84. The monoisotopic (exact) mass is 203 g/mol. The van der Waals surface area contributed by atoms with Crippen molar-refractivity contribution in [2.75, 3.05) is 18.5 Å². The molecule has 5 heteroatoms. The van der Waals surface area contributed by atoms with Crippen molar-refractivity contribution in [2.24, 2.45) is 0 Å². The predicted octanol–water partition coefficient (Wildman–Crippen LogP) is 0.730. The molecule has 0 aliphatic rings. The molecule has 1 atom stereocenters. The quantitative estimate of drug-likeness (QED) is 0.676. The number of benzene rings is 1. The van der Waals surface area contributed by atoms with Gasteiger partial charge in [0.15, 0.2) is 0 Å². The zero-order valence-electron chi connectivity index (χ0n) is 7.37. The van der Waals surface area contributed by atoms with Gasteiger partial charge in [0.25, 0.3) is 0 Å². The Morgan fingerprint density at radius 1 is 1.36 bits per heavy atom. The highest BCUT2D eigenvalue weighted by Crippen LogP contribution is 2.14. The molecule has 1 aromatic rings. The third kappa shape index (κ3) is 2.93. The van der Waals surface area contributed by atoms with E-state index in [-0.39, 0.29) is 12.2 Å². The Morgan fingerprint density at radius 2 is 2.07 bits per heavy atom. The normalized spacial score (nSPS) is 12.6. The van der Waals surface area contributed by atoms with Crippen LogP contribution in [0.5, 0.6) is 0 Å². The zero-order valence-corrected chi connectivity index (χ0v) is 7.37. The summed E-state index contributed by atoms with van der Waals surface area (Å²) in [4.78, 5) is 0. The Balaban J connectivity index is 2.62. The third-order valence-electron chi connectivity index (χ3n) is 1.67. The largest absolute Gasteiger partial charge is 0.394 e. The molecule has 0 aromatic heterocycles. The minimum atomic E-state index is -0.988. The lowest BCUT2D eigenvalue weighted by molar-refractivity contribution is 0.105. The van der Waals surface area contributed by atoms with Crippen molar-refractivity contribution in [1.29, 1.82) is 0 Å². The maximum atomic E-state index is 13.0. The predicted molar refractivity (Wildman–Crippen MR) is 47.9 cm³/mol. The van der Waals surface area contributed by atoms with Crippen LogP contribution in [0.2, 0.25) is 0 Å². The van der Waals surface area contributed by atoms with Crippen LogP contribution in [-0.4, -0.2) is 29.5 Å². The lowest BCUT2D eigenvalue weighted by atomic mass is 10.3. The fourth-order valence-corrected chi connectivity index (χ4v) is 0.925. The summed E-state index contributed by atoms with van der Waals surface area (Å²) in [6.45, 7) is -0.458. The Kier molecular flexibility index (Phi) is 3.79. The maximum Gasteiger partial charge on any atom is 0.146 e. The number of hydrogen-bond donors (Lipinski definition) is 3. The van der Waals surface area contributed by atoms with Crippen molar-refractivity contribution < 1.29 is 19.0 Å². The number of aliphatic hydroxyl groups excluding tert-OH is 2. The fourth-order valence-electron chi connectivity index (χ4n) is 0.925. The van der Waals surface area contributed by atoms with Gasteiger partial charge in [-0.15, -0.1) is 0 Å². The molecular formula is C9H11F2NO2. The molecule has 0 spiro atoms. The average molecular weight is 203 g/mol. The van der Waals surface area contributed by atoms with E-state index in [0.29, 0.717) is 0 Å². The molecule has 14 heavy (non-hydrogen) atoms. The SMILES string of the molecule is OC[C@@H](O)CNc1cc(F)ccc1F. The van der Waals surface area contributed by atoms with E-state index in [1.54, 1.807) is 0 Å². The molecule has 0 heterocycles. The number of halogens is 2. The summed E-state index contributed by atoms with van der Waals surface area (Å²) in [5.74, 6) is -1.16. The van der Waals surface area contributed by atoms with Crippen LogP contribution in [0.1, 0.15) is 0 Å². The fraction of sp³-hybridized carbons (Fsp3) is 0.333. The number of anilines is 1. The minimum Gasteiger partial charge on any atom is -0.394 e. The van der Waals surface area contributed by atoms with E-state index in [4.69, 9.17) is 10.2 Å². The Labute approximate surface area is 80.0 Å². The first-order valence-electron chi connectivity index (χ1n) is 4.11. The lowest BCUT2D eigenvalue weighted by Crippen LogP contribution is -2.23. The van der Waals surface area contributed by atoms with Gasteiger partial charge in [0, 0.05) is 6.54 Å². The van der Waals surface area contributed by atoms with Gasteiger partial charge in [-0.05, 0) is 18.2 Å². The van der Waals surface area contributed by atoms with Crippen LogP contribution in [-0.2, 0) is 0 Å². The molecule has 78 valence electrons. The molecule has 0 unspecified atom stereocenters. The van der Waals surface area contributed by atoms with E-state index in [0.717, 1.165) is 18.2 Å². The van der Waals surface area contributed by atoms with E-state index in [2.05, 4.69) is 5.32 Å². The van der Waals surface area contributed by atoms with Gasteiger partial charge in [0.1, 0.15) is 11.6 Å². The van der Waals surface area contributed by atoms with Crippen molar-refractivity contribution in [3.63, 3.8) is 0 Å². The van der Waals surface area contributed by atoms with E-state index in [1.807, 2.05) is 0 Å². The second kappa shape index (κ2) is 4.88. The minimum absolute atomic E-state index is 0.0301. The zero-order chi connectivity index (χ0) is 10.6. The van der Waals surface area contributed by atoms with E-state index < -0.39 is 24.3 Å². The van der Waals surface area contributed by atoms with Crippen LogP contribution in [0.4, 0.5) is 14.5 Å². The highest BCUT2D eigenvalue weighted by molar-refractivity contribution is 5.44. The Morgan fingerprint density at radius 3 is 2.71 bits per heavy atom. The molecule has 0 aliphatic heterocycles. The maximum absolute atomic E-state index is 13.0. The molecular weight excluding hydrogens is 192 g/mol. The molecule has 3 nitrogen and oxygen atoms in total. The van der Waals surface area contributed by atoms with Crippen molar-refractivity contribution >= 4 is 5.69 Å². The van der Waals surface area contributed by atoms with Crippen LogP contribution in [0, 0.1) is 11.6 Å². The van der Waals surface area contributed by atoms with Gasteiger partial charge in [-0.2, -0.15) is 0 Å². The first kappa shape index (κ1) is 10.9. The van der Waals surface area contributed by atoms with Gasteiger partial charge in [-0.25, -0.2) is 8.78 Å². The summed E-state index contributed by atoms with van der Waals surface area (Å²) in [5, 5.41) is 19.9. The van der Waals surface area contributed by atoms with Crippen LogP contribution < -0.4 is 5.32 Å². The second-order valence-corrected chi connectivity index (χ2v) is 2.84. The molecule has 0 saturated heterocycles. The topological polar surface area (TPSA) is 52.5 Å². The lowest BCUT2D eigenvalue weighted by Gasteiger charge is -2.10. The van der Waals surface area contributed by atoms with Gasteiger partial charge in [0.05, 0.1) is 18.4 Å². The summed E-state index contributed by atoms with van der Waals surface area (Å²) in [5.41, 5.74) is -0.0301. The molecule has 3 N–H and O–H groups in total. The summed E-state index contributed by atoms with van der Waals surface area (Å²) in [7, 11) is 0. The van der Waals surface area contributed by atoms with Gasteiger partial charge in [-0.1, -0.05) is 0 Å². The van der Waals surface area contributed by atoms with E-state index in [1.165, 1.54) is 0 Å². The van der Waals surface area contributed by atoms with Crippen molar-refractivity contribution in [3.05, 3.63) is 29.8 Å². The van der Waals surface area contributed by atoms with Gasteiger partial charge in [-0.3, -0.25) is 0 Å². The highest BCUT2D eigenvalue weighted by Gasteiger charge is 2.05. The molecule has 0 amide bonds. The molecule has 0 saturated carbocycles. The summed E-state index contributed by atoms with van der Waals surface area (Å²) in [6, 6.07) is 2.98. The molecule has 1 rings (SSSR count). The average Bonchev–Trinajstić information content (AvgIpc) is 2.19. The van der Waals surface area contributed by atoms with Gasteiger partial charge < -0.3 is 15.5 Å². The van der Waals surface area contributed by atoms with Gasteiger partial charge in [0.2, 0.25) is 0 Å². The molecule has 0 bridgehead atoms. The van der Waals surface area contributed by atoms with Crippen molar-refractivity contribution in [3.8, 4) is 0 Å². The van der Waals surface area contributed by atoms with Crippen molar-refractivity contribution in [2.45, 2.75) is 6.10 Å². The van der Waals surface area contributed by atoms with Crippen LogP contribution in [0.25, 0.3) is 0 Å². The highest BCUT2D eigenvalue weighted by atomic mass is 19.1. The van der Waals surface area contributed by atoms with Gasteiger partial charge >= 0.3 is 0 Å². The number of hydrogen-bond acceptors (Lipinski definition) is 3. The number of nitrogens with one attached hydrogen (secondary N) is 1. The smallest absolute Gasteiger partial charge is 0.146 e. The van der Waals surface area contributed by atoms with Crippen molar-refractivity contribution in [1.82, 2.24) is 0 Å². The van der Waals surface area contributed by atoms with Crippen LogP contribution >= 0.6 is 0 Å². The third-order valence-corrected chi connectivity index (χ3v) is 1.67. The van der Waals surface area contributed by atoms with E-state index in [9.17, 15) is 8.78 Å². The number of rotatable bonds is 4. The summed E-state index contributed by atoms with van der Waals surface area (Å²) >= 11 is 0. The number of aliphatic hydroxyl groups is 2.